The Bertz CT molecular complexity index is 706. The lowest BCUT2D eigenvalue weighted by Crippen LogP contribution is -2.67. The average Bonchev–Trinajstić information content (AvgIpc) is 2.90. The second kappa shape index (κ2) is 5.37. The van der Waals surface area contributed by atoms with E-state index in [4.69, 9.17) is 9.47 Å². The molecule has 2 bridgehead atoms. The van der Waals surface area contributed by atoms with Gasteiger partial charge in [-0.25, -0.2) is 0 Å². The van der Waals surface area contributed by atoms with Gasteiger partial charge in [-0.1, -0.05) is 19.4 Å². The highest BCUT2D eigenvalue weighted by molar-refractivity contribution is 5.89. The number of piperidine rings is 1. The fraction of sp³-hybridized carbons (Fsp3) is 0.632. The molecule has 5 heteroatoms. The number of ether oxygens (including phenoxy) is 2. The van der Waals surface area contributed by atoms with Crippen LogP contribution in [-0.2, 0) is 16.6 Å². The van der Waals surface area contributed by atoms with Crippen molar-refractivity contribution in [3.8, 4) is 11.5 Å². The maximum absolute atomic E-state index is 12.9. The number of rotatable bonds is 2. The Hall–Kier alpha value is -1.26. The van der Waals surface area contributed by atoms with E-state index in [0.29, 0.717) is 30.1 Å². The highest BCUT2D eigenvalue weighted by Gasteiger charge is 2.66. The first-order valence-corrected chi connectivity index (χ1v) is 8.83. The maximum Gasteiger partial charge on any atom is 0.174 e. The molecule has 5 atom stereocenters. The minimum absolute atomic E-state index is 0. The van der Waals surface area contributed by atoms with Gasteiger partial charge >= 0.3 is 0 Å². The van der Waals surface area contributed by atoms with Gasteiger partial charge in [-0.2, -0.15) is 0 Å². The van der Waals surface area contributed by atoms with Crippen molar-refractivity contribution in [2.24, 2.45) is 11.8 Å². The average molecular weight is 350 g/mol. The summed E-state index contributed by atoms with van der Waals surface area (Å²) >= 11 is 0. The van der Waals surface area contributed by atoms with E-state index in [-0.39, 0.29) is 23.9 Å². The lowest BCUT2D eigenvalue weighted by Gasteiger charge is -2.57. The molecule has 4 aliphatic rings. The first-order valence-electron chi connectivity index (χ1n) is 8.83. The van der Waals surface area contributed by atoms with Gasteiger partial charge in [0, 0.05) is 23.4 Å². The van der Waals surface area contributed by atoms with Crippen molar-refractivity contribution in [1.29, 1.82) is 0 Å². The number of nitrogens with one attached hydrogen (secondary N) is 1. The van der Waals surface area contributed by atoms with E-state index in [1.54, 1.807) is 7.11 Å². The van der Waals surface area contributed by atoms with E-state index < -0.39 is 0 Å². The van der Waals surface area contributed by atoms with E-state index in [9.17, 15) is 4.79 Å². The third-order valence-electron chi connectivity index (χ3n) is 6.80. The van der Waals surface area contributed by atoms with E-state index in [0.717, 1.165) is 37.3 Å². The van der Waals surface area contributed by atoms with Crippen LogP contribution in [0.5, 0.6) is 11.5 Å². The van der Waals surface area contributed by atoms with Crippen molar-refractivity contribution in [1.82, 2.24) is 5.32 Å². The third kappa shape index (κ3) is 1.71. The lowest BCUT2D eigenvalue weighted by atomic mass is 9.49. The van der Waals surface area contributed by atoms with Crippen molar-refractivity contribution < 1.29 is 14.3 Å². The van der Waals surface area contributed by atoms with Gasteiger partial charge in [-0.05, 0) is 42.9 Å². The van der Waals surface area contributed by atoms with Crippen LogP contribution in [0.4, 0.5) is 0 Å². The Morgan fingerprint density at radius 1 is 1.38 bits per heavy atom. The van der Waals surface area contributed by atoms with Gasteiger partial charge in [0.1, 0.15) is 0 Å². The summed E-state index contributed by atoms with van der Waals surface area (Å²) in [4.78, 5) is 12.9. The molecule has 1 saturated carbocycles. The number of hydrogen-bond donors (Lipinski definition) is 1. The highest BCUT2D eigenvalue weighted by atomic mass is 35.5. The molecule has 2 aliphatic carbocycles. The molecule has 1 saturated heterocycles. The van der Waals surface area contributed by atoms with Gasteiger partial charge in [0.05, 0.1) is 7.11 Å². The molecular formula is C19H24ClNO3. The Labute approximate surface area is 148 Å². The van der Waals surface area contributed by atoms with Crippen LogP contribution in [-0.4, -0.2) is 31.6 Å². The second-order valence-corrected chi connectivity index (χ2v) is 7.55. The number of hydrogen-bond acceptors (Lipinski definition) is 4. The van der Waals surface area contributed by atoms with Gasteiger partial charge in [0.15, 0.2) is 23.4 Å². The second-order valence-electron chi connectivity index (χ2n) is 7.55. The molecule has 2 heterocycles. The predicted octanol–water partition coefficient (Wildman–Crippen LogP) is 2.65. The van der Waals surface area contributed by atoms with Crippen molar-refractivity contribution in [2.45, 2.75) is 50.2 Å². The standard InChI is InChI=1S/C19H23NO3.ClH/c1-3-10-9-13(21)18-19-6-7-20-12(15(10)19)8-11-4-5-14(22-2)17(23-18)16(11)19;/h4-5,10,12,15,18,20H,3,6-9H2,1-2H3;1H/t10?,12-,15+,18?,19+;/m1./s1. The molecule has 24 heavy (non-hydrogen) atoms. The molecule has 0 amide bonds. The number of carbonyl (C=O) groups is 1. The van der Waals surface area contributed by atoms with E-state index in [1.165, 1.54) is 11.1 Å². The first-order chi connectivity index (χ1) is 11.2. The summed E-state index contributed by atoms with van der Waals surface area (Å²) in [5.41, 5.74) is 2.53. The van der Waals surface area contributed by atoms with Crippen LogP contribution in [0.3, 0.4) is 0 Å². The summed E-state index contributed by atoms with van der Waals surface area (Å²) in [6.45, 7) is 3.20. The molecule has 0 radical (unpaired) electrons. The van der Waals surface area contributed by atoms with Crippen molar-refractivity contribution in [3.05, 3.63) is 23.3 Å². The number of Topliss-reactive ketones (excluding diaryl/α,β-unsaturated/α-hetero) is 1. The number of ketones is 1. The van der Waals surface area contributed by atoms with Gasteiger partial charge < -0.3 is 14.8 Å². The largest absolute Gasteiger partial charge is 0.493 e. The van der Waals surface area contributed by atoms with E-state index in [1.807, 2.05) is 6.07 Å². The highest BCUT2D eigenvalue weighted by Crippen LogP contribution is 2.63. The van der Waals surface area contributed by atoms with Gasteiger partial charge in [0.2, 0.25) is 0 Å². The quantitative estimate of drug-likeness (QED) is 0.891. The van der Waals surface area contributed by atoms with Crippen LogP contribution in [0.15, 0.2) is 12.1 Å². The molecule has 1 N–H and O–H groups in total. The molecular weight excluding hydrogens is 326 g/mol. The molecule has 1 aromatic carbocycles. The molecule has 2 unspecified atom stereocenters. The minimum atomic E-state index is -0.301. The predicted molar refractivity (Wildman–Crippen MR) is 93.3 cm³/mol. The smallest absolute Gasteiger partial charge is 0.174 e. The van der Waals surface area contributed by atoms with Crippen molar-refractivity contribution >= 4 is 18.2 Å². The molecule has 4 nitrogen and oxygen atoms in total. The Morgan fingerprint density at radius 3 is 2.96 bits per heavy atom. The van der Waals surface area contributed by atoms with Crippen LogP contribution in [0, 0.1) is 11.8 Å². The van der Waals surface area contributed by atoms with Gasteiger partial charge in [0.25, 0.3) is 0 Å². The van der Waals surface area contributed by atoms with Crippen LogP contribution >= 0.6 is 12.4 Å². The van der Waals surface area contributed by atoms with Gasteiger partial charge in [-0.3, -0.25) is 4.79 Å². The maximum atomic E-state index is 12.9. The van der Waals surface area contributed by atoms with Crippen LogP contribution in [0.25, 0.3) is 0 Å². The number of methoxy groups -OCH3 is 1. The van der Waals surface area contributed by atoms with Crippen LogP contribution in [0.2, 0.25) is 0 Å². The molecule has 1 aromatic rings. The van der Waals surface area contributed by atoms with E-state index >= 15 is 0 Å². The number of benzene rings is 1. The van der Waals surface area contributed by atoms with Crippen LogP contribution < -0.4 is 14.8 Å². The van der Waals surface area contributed by atoms with Crippen molar-refractivity contribution in [2.75, 3.05) is 13.7 Å². The summed E-state index contributed by atoms with van der Waals surface area (Å²) in [5, 5.41) is 3.74. The van der Waals surface area contributed by atoms with Crippen molar-refractivity contribution in [3.63, 3.8) is 0 Å². The minimum Gasteiger partial charge on any atom is -0.493 e. The zero-order valence-electron chi connectivity index (χ0n) is 14.1. The monoisotopic (exact) mass is 349 g/mol. The Balaban J connectivity index is 0.00000146. The summed E-state index contributed by atoms with van der Waals surface area (Å²) in [5.74, 6) is 2.89. The topological polar surface area (TPSA) is 47.6 Å². The summed E-state index contributed by atoms with van der Waals surface area (Å²) in [6, 6.07) is 4.65. The number of carbonyl (C=O) groups excluding carboxylic acids is 1. The Kier molecular flexibility index (Phi) is 3.63. The zero-order chi connectivity index (χ0) is 15.8. The molecule has 0 aromatic heterocycles. The van der Waals surface area contributed by atoms with E-state index in [2.05, 4.69) is 18.3 Å². The zero-order valence-corrected chi connectivity index (χ0v) is 14.9. The molecule has 130 valence electrons. The van der Waals surface area contributed by atoms with Crippen LogP contribution in [0.1, 0.15) is 37.3 Å². The summed E-state index contributed by atoms with van der Waals surface area (Å²) in [6.07, 6.45) is 3.47. The summed E-state index contributed by atoms with van der Waals surface area (Å²) < 4.78 is 11.9. The first kappa shape index (κ1) is 16.2. The SMILES string of the molecule is CCC1CC(=O)C2Oc3c(OC)ccc4c3[C@@]23CCN[C@H](C4)[C@H]13.Cl. The summed E-state index contributed by atoms with van der Waals surface area (Å²) in [7, 11) is 1.68. The number of halogens is 1. The fourth-order valence-electron chi connectivity index (χ4n) is 6.06. The molecule has 2 aliphatic heterocycles. The lowest BCUT2D eigenvalue weighted by molar-refractivity contribution is -0.139. The fourth-order valence-corrected chi connectivity index (χ4v) is 6.06. The third-order valence-corrected chi connectivity index (χ3v) is 6.80. The molecule has 1 spiro atoms. The van der Waals surface area contributed by atoms with Gasteiger partial charge in [-0.15, -0.1) is 12.4 Å². The molecule has 2 fully saturated rings. The normalized spacial score (nSPS) is 38.0. The Morgan fingerprint density at radius 2 is 2.21 bits per heavy atom. The molecule has 5 rings (SSSR count).